The van der Waals surface area contributed by atoms with E-state index in [0.717, 1.165) is 11.6 Å². The number of halogens is 3. The van der Waals surface area contributed by atoms with E-state index in [4.69, 9.17) is 16.3 Å². The number of anilines is 1. The summed E-state index contributed by atoms with van der Waals surface area (Å²) in [6.07, 6.45) is 2.97. The molecule has 1 fully saturated rings. The maximum absolute atomic E-state index is 15.7. The molecule has 0 unspecified atom stereocenters. The number of aromatic nitrogens is 3. The van der Waals surface area contributed by atoms with Gasteiger partial charge in [0.25, 0.3) is 0 Å². The zero-order valence-corrected chi connectivity index (χ0v) is 26.8. The fourth-order valence-corrected chi connectivity index (χ4v) is 6.85. The molecule has 1 amide bonds. The molecule has 45 heavy (non-hydrogen) atoms. The molecule has 4 heterocycles. The standard InChI is InChI=1S/C32H32B2ClF2N5O3/c1-6-22(43)40-11-12-41(17(5)14-40)30-18-13-20(35)24-23-19(7-8-21(36)25(23)37)32(33,34)45-29(24)28(18)42(31(44)39-30)27-16(4)9-10-38-26(27)15(2)3/h6-10,13,15,17H,1,11-12,14,33-34H2,2-5H3/t17-/m0/s1. The summed E-state index contributed by atoms with van der Waals surface area (Å²) in [6, 6.07) is 5.79. The Hall–Kier alpha value is -4.18. The summed E-state index contributed by atoms with van der Waals surface area (Å²) in [7, 11) is 3.52. The fraction of sp³-hybridized carbons (Fsp3) is 0.312. The van der Waals surface area contributed by atoms with Gasteiger partial charge in [0, 0.05) is 48.4 Å². The number of nitrogens with zero attached hydrogens (tertiary/aromatic N) is 5. The van der Waals surface area contributed by atoms with Crippen molar-refractivity contribution in [1.29, 1.82) is 0 Å². The van der Waals surface area contributed by atoms with Gasteiger partial charge >= 0.3 is 5.69 Å². The molecule has 4 aromatic rings. The lowest BCUT2D eigenvalue weighted by atomic mass is 9.58. The van der Waals surface area contributed by atoms with Gasteiger partial charge in [0.15, 0.2) is 33.1 Å². The van der Waals surface area contributed by atoms with E-state index in [0.29, 0.717) is 53.3 Å². The van der Waals surface area contributed by atoms with Gasteiger partial charge in [-0.25, -0.2) is 13.6 Å². The van der Waals surface area contributed by atoms with Gasteiger partial charge in [0.2, 0.25) is 5.91 Å². The highest BCUT2D eigenvalue weighted by atomic mass is 35.5. The number of piperazine rings is 1. The molecule has 1 saturated heterocycles. The number of benzene rings is 2. The van der Waals surface area contributed by atoms with E-state index >= 15 is 4.39 Å². The van der Waals surface area contributed by atoms with Gasteiger partial charge in [-0.1, -0.05) is 38.1 Å². The number of aryl methyl sites for hydroxylation is 1. The lowest BCUT2D eigenvalue weighted by Gasteiger charge is -2.41. The predicted molar refractivity (Wildman–Crippen MR) is 177 cm³/mol. The fourth-order valence-electron chi connectivity index (χ4n) is 6.56. The number of ether oxygens (including phenoxy) is 1. The molecule has 0 bridgehead atoms. The molecule has 0 saturated carbocycles. The van der Waals surface area contributed by atoms with E-state index < -0.39 is 22.7 Å². The van der Waals surface area contributed by atoms with Crippen molar-refractivity contribution in [3.05, 3.63) is 87.1 Å². The van der Waals surface area contributed by atoms with E-state index in [1.165, 1.54) is 16.7 Å². The average molecular weight is 630 g/mol. The van der Waals surface area contributed by atoms with Crippen LogP contribution in [0.2, 0.25) is 5.02 Å². The molecule has 0 aliphatic carbocycles. The Morgan fingerprint density at radius 2 is 1.96 bits per heavy atom. The second kappa shape index (κ2) is 11.0. The van der Waals surface area contributed by atoms with Crippen molar-refractivity contribution >= 4 is 49.9 Å². The number of amides is 1. The van der Waals surface area contributed by atoms with Crippen LogP contribution in [0.4, 0.5) is 14.6 Å². The van der Waals surface area contributed by atoms with Gasteiger partial charge in [-0.05, 0) is 55.2 Å². The van der Waals surface area contributed by atoms with Gasteiger partial charge < -0.3 is 14.5 Å². The van der Waals surface area contributed by atoms with Gasteiger partial charge in [-0.2, -0.15) is 4.98 Å². The van der Waals surface area contributed by atoms with Crippen molar-refractivity contribution in [2.45, 2.75) is 45.1 Å². The molecule has 2 aliphatic heterocycles. The normalized spacial score (nSPS) is 17.2. The Morgan fingerprint density at radius 3 is 2.62 bits per heavy atom. The Balaban J connectivity index is 1.75. The molecule has 230 valence electrons. The highest BCUT2D eigenvalue weighted by molar-refractivity contribution is 6.41. The van der Waals surface area contributed by atoms with Crippen LogP contribution < -0.4 is 15.3 Å². The quantitative estimate of drug-likeness (QED) is 0.253. The summed E-state index contributed by atoms with van der Waals surface area (Å²) in [4.78, 5) is 39.6. The minimum Gasteiger partial charge on any atom is -0.498 e. The van der Waals surface area contributed by atoms with Crippen molar-refractivity contribution in [2.24, 2.45) is 0 Å². The second-order valence-corrected chi connectivity index (χ2v) is 12.9. The number of carbonyl (C=O) groups excluding carboxylic acids is 1. The monoisotopic (exact) mass is 629 g/mol. The molecule has 0 radical (unpaired) electrons. The Labute approximate surface area is 266 Å². The molecule has 2 aromatic carbocycles. The lowest BCUT2D eigenvalue weighted by Crippen LogP contribution is -2.54. The average Bonchev–Trinajstić information content (AvgIpc) is 2.98. The molecular weight excluding hydrogens is 597 g/mol. The topological polar surface area (TPSA) is 80.6 Å². The SMILES string of the molecule is BC1(B)Oc2c(c(Cl)cc3c(N4CCN(C(=O)C=C)C[C@@H]4C)nc(=O)n(-c4c(C)ccnc4C(C)C)c23)-c2c1ccc(F)c2F. The van der Waals surface area contributed by atoms with Crippen LogP contribution in [0.3, 0.4) is 0 Å². The first-order chi connectivity index (χ1) is 21.3. The smallest absolute Gasteiger partial charge is 0.354 e. The highest BCUT2D eigenvalue weighted by Gasteiger charge is 2.40. The summed E-state index contributed by atoms with van der Waals surface area (Å²) in [5.74, 6) is -1.81. The van der Waals surface area contributed by atoms with Gasteiger partial charge in [-0.15, -0.1) is 0 Å². The number of hydrogen-bond acceptors (Lipinski definition) is 6. The van der Waals surface area contributed by atoms with E-state index in [9.17, 15) is 14.0 Å². The number of carbonyl (C=O) groups is 1. The number of pyridine rings is 1. The van der Waals surface area contributed by atoms with Gasteiger partial charge in [-0.3, -0.25) is 14.3 Å². The molecule has 8 nitrogen and oxygen atoms in total. The van der Waals surface area contributed by atoms with E-state index in [2.05, 4.69) is 16.5 Å². The summed E-state index contributed by atoms with van der Waals surface area (Å²) >= 11 is 6.97. The first kappa shape index (κ1) is 30.8. The number of fused-ring (bicyclic) bond motifs is 5. The third kappa shape index (κ3) is 4.81. The van der Waals surface area contributed by atoms with Crippen LogP contribution in [0.15, 0.2) is 47.9 Å². The summed E-state index contributed by atoms with van der Waals surface area (Å²) in [5, 5.41) is -0.511. The van der Waals surface area contributed by atoms with E-state index in [1.54, 1.807) is 32.9 Å². The molecular formula is C32H32B2ClF2N5O3. The van der Waals surface area contributed by atoms with Crippen molar-refractivity contribution in [3.8, 4) is 22.6 Å². The summed E-state index contributed by atoms with van der Waals surface area (Å²) in [5.41, 5.74) is 2.26. The van der Waals surface area contributed by atoms with Crippen LogP contribution in [0, 0.1) is 18.6 Å². The van der Waals surface area contributed by atoms with Crippen molar-refractivity contribution in [3.63, 3.8) is 0 Å². The Bertz CT molecular complexity index is 1980. The number of hydrogen-bond donors (Lipinski definition) is 0. The molecule has 2 aliphatic rings. The van der Waals surface area contributed by atoms with Crippen LogP contribution in [0.5, 0.6) is 5.75 Å². The van der Waals surface area contributed by atoms with Crippen molar-refractivity contribution in [2.75, 3.05) is 24.5 Å². The van der Waals surface area contributed by atoms with Crippen LogP contribution in [0.1, 0.15) is 43.5 Å². The Morgan fingerprint density at radius 1 is 1.22 bits per heavy atom. The number of rotatable bonds is 4. The van der Waals surface area contributed by atoms with Crippen LogP contribution in [-0.4, -0.2) is 66.7 Å². The van der Waals surface area contributed by atoms with Crippen molar-refractivity contribution in [1.82, 2.24) is 19.4 Å². The van der Waals surface area contributed by atoms with Crippen LogP contribution in [-0.2, 0) is 10.2 Å². The first-order valence-electron chi connectivity index (χ1n) is 14.9. The zero-order chi connectivity index (χ0) is 32.5. The molecule has 1 atom stereocenters. The maximum atomic E-state index is 15.7. The van der Waals surface area contributed by atoms with Gasteiger partial charge in [0.05, 0.1) is 21.8 Å². The third-order valence-electron chi connectivity index (χ3n) is 8.73. The minimum atomic E-state index is -1.12. The zero-order valence-electron chi connectivity index (χ0n) is 26.0. The molecule has 6 rings (SSSR count). The maximum Gasteiger partial charge on any atom is 0.354 e. The van der Waals surface area contributed by atoms with Crippen LogP contribution >= 0.6 is 11.6 Å². The molecule has 0 N–H and O–H groups in total. The van der Waals surface area contributed by atoms with Crippen molar-refractivity contribution < 1.29 is 18.3 Å². The lowest BCUT2D eigenvalue weighted by molar-refractivity contribution is -0.126. The Kier molecular flexibility index (Phi) is 7.54. The highest BCUT2D eigenvalue weighted by Crippen LogP contribution is 2.52. The third-order valence-corrected chi connectivity index (χ3v) is 9.02. The summed E-state index contributed by atoms with van der Waals surface area (Å²) < 4.78 is 38.7. The largest absolute Gasteiger partial charge is 0.498 e. The minimum absolute atomic E-state index is 0.0116. The van der Waals surface area contributed by atoms with Gasteiger partial charge in [0.1, 0.15) is 11.3 Å². The predicted octanol–water partition coefficient (Wildman–Crippen LogP) is 3.80. The van der Waals surface area contributed by atoms with E-state index in [-0.39, 0.29) is 39.8 Å². The van der Waals surface area contributed by atoms with E-state index in [1.807, 2.05) is 38.7 Å². The molecule has 2 aromatic heterocycles. The first-order valence-corrected chi connectivity index (χ1v) is 15.3. The summed E-state index contributed by atoms with van der Waals surface area (Å²) in [6.45, 7) is 12.5. The molecule has 13 heteroatoms. The van der Waals surface area contributed by atoms with Crippen LogP contribution in [0.25, 0.3) is 27.7 Å². The second-order valence-electron chi connectivity index (χ2n) is 12.5. The molecule has 0 spiro atoms.